The molecule has 0 aliphatic rings. The fourth-order valence-electron chi connectivity index (χ4n) is 2.27. The molecule has 1 amide bonds. The molecule has 9 heteroatoms. The smallest absolute Gasteiger partial charge is 0.273 e. The fourth-order valence-corrected chi connectivity index (χ4v) is 2.63. The Kier molecular flexibility index (Phi) is 4.93. The van der Waals surface area contributed by atoms with Gasteiger partial charge in [0.1, 0.15) is 6.04 Å². The molecule has 3 aromatic rings. The largest absolute Gasteiger partial charge is 0.339 e. The second kappa shape index (κ2) is 7.14. The number of carbonyl (C=O) groups is 1. The van der Waals surface area contributed by atoms with Crippen LogP contribution >= 0.6 is 15.9 Å². The van der Waals surface area contributed by atoms with Crippen LogP contribution in [0.1, 0.15) is 42.0 Å². The minimum Gasteiger partial charge on any atom is -0.339 e. The third kappa shape index (κ3) is 3.60. The first-order valence-corrected chi connectivity index (χ1v) is 8.52. The fraction of sp³-hybridized carbons (Fsp3) is 0.312. The lowest BCUT2D eigenvalue weighted by molar-refractivity contribution is 0.0908. The van der Waals surface area contributed by atoms with Crippen LogP contribution in [0.5, 0.6) is 0 Å². The van der Waals surface area contributed by atoms with Crippen LogP contribution in [0.3, 0.4) is 0 Å². The van der Waals surface area contributed by atoms with Gasteiger partial charge in [-0.3, -0.25) is 14.9 Å². The van der Waals surface area contributed by atoms with Crippen molar-refractivity contribution < 1.29 is 9.32 Å². The topological polar surface area (TPSA) is 110 Å². The van der Waals surface area contributed by atoms with Crippen LogP contribution in [-0.4, -0.2) is 31.2 Å². The predicted octanol–water partition coefficient (Wildman–Crippen LogP) is 3.05. The summed E-state index contributed by atoms with van der Waals surface area (Å²) in [5, 5.41) is 13.7. The van der Waals surface area contributed by atoms with Crippen LogP contribution < -0.4 is 5.32 Å². The zero-order valence-corrected chi connectivity index (χ0v) is 15.5. The molecule has 8 nitrogen and oxygen atoms in total. The summed E-state index contributed by atoms with van der Waals surface area (Å²) in [6.45, 7) is 5.75. The highest BCUT2D eigenvalue weighted by atomic mass is 79.9. The molecule has 1 unspecified atom stereocenters. The van der Waals surface area contributed by atoms with Crippen LogP contribution in [0.15, 0.2) is 33.5 Å². The molecule has 3 rings (SSSR count). The summed E-state index contributed by atoms with van der Waals surface area (Å²) in [6.07, 6.45) is 3.31. The van der Waals surface area contributed by atoms with Crippen molar-refractivity contribution in [2.75, 3.05) is 0 Å². The monoisotopic (exact) mass is 404 g/mol. The van der Waals surface area contributed by atoms with Gasteiger partial charge in [0.05, 0.1) is 4.47 Å². The first-order chi connectivity index (χ1) is 12.0. The Morgan fingerprint density at radius 2 is 2.04 bits per heavy atom. The number of aryl methyl sites for hydroxylation is 1. The van der Waals surface area contributed by atoms with E-state index >= 15 is 0 Å². The first kappa shape index (κ1) is 17.3. The van der Waals surface area contributed by atoms with E-state index in [0.717, 1.165) is 11.3 Å². The lowest BCUT2D eigenvalue weighted by Gasteiger charge is -2.17. The molecule has 0 saturated heterocycles. The van der Waals surface area contributed by atoms with E-state index in [1.165, 1.54) is 0 Å². The Morgan fingerprint density at radius 3 is 2.64 bits per heavy atom. The predicted molar refractivity (Wildman–Crippen MR) is 93.6 cm³/mol. The van der Waals surface area contributed by atoms with Crippen molar-refractivity contribution in [2.45, 2.75) is 26.8 Å². The average Bonchev–Trinajstić information content (AvgIpc) is 3.21. The Morgan fingerprint density at radius 1 is 1.32 bits per heavy atom. The van der Waals surface area contributed by atoms with Crippen molar-refractivity contribution in [1.29, 1.82) is 0 Å². The van der Waals surface area contributed by atoms with Gasteiger partial charge in [-0.05, 0) is 40.9 Å². The minimum absolute atomic E-state index is 0.0495. The molecule has 0 spiro atoms. The number of nitrogens with one attached hydrogen (secondary N) is 2. The normalized spacial score (nSPS) is 12.4. The van der Waals surface area contributed by atoms with E-state index in [4.69, 9.17) is 4.52 Å². The van der Waals surface area contributed by atoms with E-state index in [0.29, 0.717) is 16.2 Å². The SMILES string of the molecule is Cc1[nH]nc(C(=O)NC(c2nc(-c3ccncc3)no2)C(C)C)c1Br. The molecule has 2 N–H and O–H groups in total. The molecule has 1 atom stereocenters. The Balaban J connectivity index is 1.83. The van der Waals surface area contributed by atoms with Crippen molar-refractivity contribution in [3.8, 4) is 11.4 Å². The lowest BCUT2D eigenvalue weighted by Crippen LogP contribution is -2.32. The van der Waals surface area contributed by atoms with Gasteiger partial charge in [0.25, 0.3) is 5.91 Å². The van der Waals surface area contributed by atoms with Crippen molar-refractivity contribution in [2.24, 2.45) is 5.92 Å². The second-order valence-corrected chi connectivity index (χ2v) is 6.69. The average molecular weight is 405 g/mol. The van der Waals surface area contributed by atoms with Crippen molar-refractivity contribution >= 4 is 21.8 Å². The molecule has 3 heterocycles. The summed E-state index contributed by atoms with van der Waals surface area (Å²) in [4.78, 5) is 20.9. The Labute approximate surface area is 152 Å². The molecule has 130 valence electrons. The maximum atomic E-state index is 12.5. The van der Waals surface area contributed by atoms with Crippen LogP contribution in [-0.2, 0) is 0 Å². The molecule has 0 aliphatic heterocycles. The number of pyridine rings is 1. The second-order valence-electron chi connectivity index (χ2n) is 5.90. The molecule has 0 saturated carbocycles. The molecule has 3 aromatic heterocycles. The number of rotatable bonds is 5. The highest BCUT2D eigenvalue weighted by Gasteiger charge is 2.27. The summed E-state index contributed by atoms with van der Waals surface area (Å²) >= 11 is 3.36. The van der Waals surface area contributed by atoms with E-state index in [1.807, 2.05) is 20.8 Å². The van der Waals surface area contributed by atoms with Gasteiger partial charge in [0.15, 0.2) is 5.69 Å². The first-order valence-electron chi connectivity index (χ1n) is 7.72. The van der Waals surface area contributed by atoms with Gasteiger partial charge < -0.3 is 9.84 Å². The number of amides is 1. The molecule has 0 aromatic carbocycles. The number of halogens is 1. The zero-order chi connectivity index (χ0) is 18.0. The van der Waals surface area contributed by atoms with Crippen LogP contribution in [0.4, 0.5) is 0 Å². The number of aromatic amines is 1. The number of carbonyl (C=O) groups excluding carboxylic acids is 1. The molecular formula is C16H17BrN6O2. The summed E-state index contributed by atoms with van der Waals surface area (Å²) < 4.78 is 6.01. The Bertz CT molecular complexity index is 874. The van der Waals surface area contributed by atoms with Gasteiger partial charge >= 0.3 is 0 Å². The van der Waals surface area contributed by atoms with Crippen LogP contribution in [0, 0.1) is 12.8 Å². The van der Waals surface area contributed by atoms with E-state index in [2.05, 4.69) is 46.6 Å². The van der Waals surface area contributed by atoms with Crippen molar-refractivity contribution in [3.63, 3.8) is 0 Å². The van der Waals surface area contributed by atoms with Gasteiger partial charge in [0, 0.05) is 23.7 Å². The molecular weight excluding hydrogens is 388 g/mol. The standard InChI is InChI=1S/C16H17BrN6O2/c1-8(2)12(19-15(24)13-11(17)9(3)21-22-13)16-20-14(23-25-16)10-4-6-18-7-5-10/h4-8,12H,1-3H3,(H,19,24)(H,21,22). The number of nitrogens with zero attached hydrogens (tertiary/aromatic N) is 4. The summed E-state index contributed by atoms with van der Waals surface area (Å²) in [5.41, 5.74) is 1.87. The molecule has 0 fully saturated rings. The van der Waals surface area contributed by atoms with Gasteiger partial charge in [-0.15, -0.1) is 0 Å². The van der Waals surface area contributed by atoms with Crippen LogP contribution in [0.25, 0.3) is 11.4 Å². The minimum atomic E-state index is -0.431. The lowest BCUT2D eigenvalue weighted by atomic mass is 10.0. The number of hydrogen-bond donors (Lipinski definition) is 2. The molecule has 25 heavy (non-hydrogen) atoms. The highest BCUT2D eigenvalue weighted by Crippen LogP contribution is 2.25. The van der Waals surface area contributed by atoms with Crippen LogP contribution in [0.2, 0.25) is 0 Å². The molecule has 0 radical (unpaired) electrons. The summed E-state index contributed by atoms with van der Waals surface area (Å²) in [7, 11) is 0. The van der Waals surface area contributed by atoms with E-state index < -0.39 is 6.04 Å². The summed E-state index contributed by atoms with van der Waals surface area (Å²) in [6, 6.07) is 3.15. The van der Waals surface area contributed by atoms with Gasteiger partial charge in [-0.2, -0.15) is 10.1 Å². The number of hydrogen-bond acceptors (Lipinski definition) is 6. The quantitative estimate of drug-likeness (QED) is 0.675. The number of H-pyrrole nitrogens is 1. The van der Waals surface area contributed by atoms with E-state index in [9.17, 15) is 4.79 Å². The van der Waals surface area contributed by atoms with E-state index in [1.54, 1.807) is 24.5 Å². The molecule has 0 bridgehead atoms. The third-order valence-corrected chi connectivity index (χ3v) is 4.66. The van der Waals surface area contributed by atoms with Gasteiger partial charge in [-0.25, -0.2) is 0 Å². The summed E-state index contributed by atoms with van der Waals surface area (Å²) in [5.74, 6) is 0.528. The van der Waals surface area contributed by atoms with E-state index in [-0.39, 0.29) is 17.5 Å². The maximum Gasteiger partial charge on any atom is 0.273 e. The maximum absolute atomic E-state index is 12.5. The zero-order valence-electron chi connectivity index (χ0n) is 13.9. The van der Waals surface area contributed by atoms with Crippen molar-refractivity contribution in [3.05, 3.63) is 46.3 Å². The van der Waals surface area contributed by atoms with Crippen molar-refractivity contribution in [1.82, 2.24) is 30.6 Å². The van der Waals surface area contributed by atoms with Gasteiger partial charge in [-0.1, -0.05) is 19.0 Å². The number of aromatic nitrogens is 5. The van der Waals surface area contributed by atoms with Gasteiger partial charge in [0.2, 0.25) is 11.7 Å². The molecule has 0 aliphatic carbocycles. The highest BCUT2D eigenvalue weighted by molar-refractivity contribution is 9.10. The third-order valence-electron chi connectivity index (χ3n) is 3.69. The Hall–Kier alpha value is -2.55.